The molecule has 2 aromatic rings. The minimum atomic E-state index is 0.272. The van der Waals surface area contributed by atoms with Gasteiger partial charge in [-0.2, -0.15) is 0 Å². The molecule has 0 N–H and O–H groups in total. The van der Waals surface area contributed by atoms with Crippen LogP contribution >= 0.6 is 0 Å². The molecule has 1 saturated heterocycles. The normalized spacial score (nSPS) is 18.2. The Morgan fingerprint density at radius 3 is 2.39 bits per heavy atom. The summed E-state index contributed by atoms with van der Waals surface area (Å²) in [4.78, 5) is 14.6. The van der Waals surface area contributed by atoms with Gasteiger partial charge >= 0.3 is 0 Å². The highest BCUT2D eigenvalue weighted by molar-refractivity contribution is 5.95. The lowest BCUT2D eigenvalue weighted by atomic mass is 9.99. The molecule has 1 aliphatic heterocycles. The molecule has 0 aromatic heterocycles. The third kappa shape index (κ3) is 4.52. The molecule has 1 fully saturated rings. The highest BCUT2D eigenvalue weighted by atomic mass is 16.1. The Bertz CT molecular complexity index is 608. The van der Waals surface area contributed by atoms with E-state index in [1.165, 1.54) is 18.5 Å². The Hall–Kier alpha value is -1.93. The van der Waals surface area contributed by atoms with Crippen LogP contribution < -0.4 is 0 Å². The fourth-order valence-electron chi connectivity index (χ4n) is 3.42. The molecule has 1 aliphatic rings. The van der Waals surface area contributed by atoms with Crippen LogP contribution in [0.4, 0.5) is 0 Å². The van der Waals surface area contributed by atoms with E-state index in [4.69, 9.17) is 0 Å². The highest BCUT2D eigenvalue weighted by Crippen LogP contribution is 2.27. The Labute approximate surface area is 139 Å². The maximum atomic E-state index is 12.1. The number of hydrogen-bond acceptors (Lipinski definition) is 2. The van der Waals surface area contributed by atoms with Crippen molar-refractivity contribution in [2.24, 2.45) is 0 Å². The summed E-state index contributed by atoms with van der Waals surface area (Å²) >= 11 is 0. The second-order valence-electron chi connectivity index (χ2n) is 6.44. The van der Waals surface area contributed by atoms with E-state index in [1.807, 2.05) is 30.3 Å². The maximum Gasteiger partial charge on any atom is 0.162 e. The van der Waals surface area contributed by atoms with Gasteiger partial charge in [-0.3, -0.25) is 4.79 Å². The van der Waals surface area contributed by atoms with E-state index in [9.17, 15) is 4.79 Å². The summed E-state index contributed by atoms with van der Waals surface area (Å²) in [7, 11) is 0. The van der Waals surface area contributed by atoms with Gasteiger partial charge in [0, 0.05) is 18.5 Å². The number of likely N-dealkylation sites (tertiary alicyclic amines) is 1. The maximum absolute atomic E-state index is 12.1. The van der Waals surface area contributed by atoms with Gasteiger partial charge in [0.25, 0.3) is 0 Å². The van der Waals surface area contributed by atoms with E-state index in [2.05, 4.69) is 35.2 Å². The van der Waals surface area contributed by atoms with Gasteiger partial charge in [0.2, 0.25) is 0 Å². The number of carbonyl (C=O) groups excluding carboxylic acids is 1. The molecular formula is C21H25NO. The van der Waals surface area contributed by atoms with Crippen LogP contribution in [0.3, 0.4) is 0 Å². The molecule has 1 atom stereocenters. The van der Waals surface area contributed by atoms with Crippen molar-refractivity contribution in [3.63, 3.8) is 0 Å². The molecule has 0 radical (unpaired) electrons. The summed E-state index contributed by atoms with van der Waals surface area (Å²) in [6.45, 7) is 3.47. The number of hydrogen-bond donors (Lipinski definition) is 0. The van der Waals surface area contributed by atoms with Crippen molar-refractivity contribution in [2.45, 2.75) is 31.6 Å². The Morgan fingerprint density at radius 2 is 1.65 bits per heavy atom. The minimum absolute atomic E-state index is 0.272. The molecule has 0 unspecified atom stereocenters. The number of carbonyl (C=O) groups is 1. The lowest BCUT2D eigenvalue weighted by Crippen LogP contribution is -2.21. The summed E-state index contributed by atoms with van der Waals surface area (Å²) in [5, 5.41) is 0. The van der Waals surface area contributed by atoms with Crippen molar-refractivity contribution in [1.82, 2.24) is 4.90 Å². The lowest BCUT2D eigenvalue weighted by Gasteiger charge is -2.16. The van der Waals surface area contributed by atoms with Gasteiger partial charge in [0.15, 0.2) is 5.78 Å². The monoisotopic (exact) mass is 307 g/mol. The van der Waals surface area contributed by atoms with E-state index >= 15 is 0 Å². The molecule has 23 heavy (non-hydrogen) atoms. The lowest BCUT2D eigenvalue weighted by molar-refractivity contribution is 0.0978. The van der Waals surface area contributed by atoms with E-state index in [0.717, 1.165) is 31.5 Å². The summed E-state index contributed by atoms with van der Waals surface area (Å²) in [5.74, 6) is 0.955. The molecule has 0 bridgehead atoms. The van der Waals surface area contributed by atoms with Crippen LogP contribution in [0.15, 0.2) is 60.7 Å². The zero-order valence-electron chi connectivity index (χ0n) is 13.7. The summed E-state index contributed by atoms with van der Waals surface area (Å²) in [6.07, 6.45) is 4.02. The molecule has 2 nitrogen and oxygen atoms in total. The first-order valence-corrected chi connectivity index (χ1v) is 8.68. The number of Topliss-reactive ketones (excluding diaryl/α,β-unsaturated/α-hetero) is 1. The molecule has 1 heterocycles. The van der Waals surface area contributed by atoms with Crippen LogP contribution in [-0.4, -0.2) is 30.3 Å². The van der Waals surface area contributed by atoms with Gasteiger partial charge < -0.3 is 4.90 Å². The fourth-order valence-corrected chi connectivity index (χ4v) is 3.42. The van der Waals surface area contributed by atoms with Gasteiger partial charge in [0.1, 0.15) is 0 Å². The van der Waals surface area contributed by atoms with Crippen molar-refractivity contribution < 1.29 is 4.79 Å². The zero-order chi connectivity index (χ0) is 15.9. The quantitative estimate of drug-likeness (QED) is 0.553. The van der Waals surface area contributed by atoms with E-state index in [0.29, 0.717) is 12.3 Å². The van der Waals surface area contributed by atoms with E-state index < -0.39 is 0 Å². The average Bonchev–Trinajstić information content (AvgIpc) is 3.09. The Morgan fingerprint density at radius 1 is 0.957 bits per heavy atom. The molecule has 0 saturated carbocycles. The second kappa shape index (κ2) is 8.07. The van der Waals surface area contributed by atoms with Crippen LogP contribution in [0.25, 0.3) is 0 Å². The van der Waals surface area contributed by atoms with Crippen molar-refractivity contribution in [3.8, 4) is 0 Å². The van der Waals surface area contributed by atoms with Crippen molar-refractivity contribution >= 4 is 5.78 Å². The first-order chi connectivity index (χ1) is 11.3. The van der Waals surface area contributed by atoms with Gasteiger partial charge in [-0.05, 0) is 43.8 Å². The van der Waals surface area contributed by atoms with Crippen LogP contribution in [0.2, 0.25) is 0 Å². The molecule has 0 amide bonds. The van der Waals surface area contributed by atoms with Gasteiger partial charge in [-0.25, -0.2) is 0 Å². The van der Waals surface area contributed by atoms with Gasteiger partial charge in [-0.15, -0.1) is 0 Å². The van der Waals surface area contributed by atoms with E-state index in [1.54, 1.807) is 0 Å². The van der Waals surface area contributed by atoms with Crippen LogP contribution in [0, 0.1) is 0 Å². The molecule has 120 valence electrons. The molecule has 2 aromatic carbocycles. The largest absolute Gasteiger partial charge is 0.303 e. The van der Waals surface area contributed by atoms with Crippen LogP contribution in [0.5, 0.6) is 0 Å². The average molecular weight is 307 g/mol. The third-order valence-electron chi connectivity index (χ3n) is 4.77. The van der Waals surface area contributed by atoms with Gasteiger partial charge in [-0.1, -0.05) is 60.7 Å². The Balaban J connectivity index is 1.36. The number of unbranched alkanes of at least 4 members (excludes halogenated alkanes) is 1. The molecule has 2 heteroatoms. The van der Waals surface area contributed by atoms with Crippen molar-refractivity contribution in [2.75, 3.05) is 19.6 Å². The smallest absolute Gasteiger partial charge is 0.162 e. The van der Waals surface area contributed by atoms with Gasteiger partial charge in [0.05, 0.1) is 0 Å². The summed E-state index contributed by atoms with van der Waals surface area (Å²) in [5.41, 5.74) is 2.31. The predicted molar refractivity (Wildman–Crippen MR) is 94.9 cm³/mol. The summed E-state index contributed by atoms with van der Waals surface area (Å²) < 4.78 is 0. The first kappa shape index (κ1) is 15.9. The number of nitrogens with zero attached hydrogens (tertiary/aromatic N) is 1. The minimum Gasteiger partial charge on any atom is -0.303 e. The molecule has 0 aliphatic carbocycles. The number of rotatable bonds is 7. The highest BCUT2D eigenvalue weighted by Gasteiger charge is 2.22. The van der Waals surface area contributed by atoms with Crippen molar-refractivity contribution in [3.05, 3.63) is 71.8 Å². The second-order valence-corrected chi connectivity index (χ2v) is 6.44. The predicted octanol–water partition coefficient (Wildman–Crippen LogP) is 4.53. The van der Waals surface area contributed by atoms with Crippen molar-refractivity contribution in [1.29, 1.82) is 0 Å². The standard InChI is InChI=1S/C21H25NO/c23-21(19-11-5-2-6-12-19)13-7-8-15-22-16-14-20(17-22)18-9-3-1-4-10-18/h1-6,9-12,20H,7-8,13-17H2/t20-/m0/s1. The number of ketones is 1. The third-order valence-corrected chi connectivity index (χ3v) is 4.77. The number of benzene rings is 2. The summed E-state index contributed by atoms with van der Waals surface area (Å²) in [6, 6.07) is 20.5. The first-order valence-electron chi connectivity index (χ1n) is 8.68. The fraction of sp³-hybridized carbons (Fsp3) is 0.381. The molecular weight excluding hydrogens is 282 g/mol. The Kier molecular flexibility index (Phi) is 5.60. The van der Waals surface area contributed by atoms with Crippen LogP contribution in [-0.2, 0) is 0 Å². The molecule has 0 spiro atoms. The SMILES string of the molecule is O=C(CCCCN1CC[C@H](c2ccccc2)C1)c1ccccc1. The molecule has 3 rings (SSSR count). The topological polar surface area (TPSA) is 20.3 Å². The zero-order valence-corrected chi connectivity index (χ0v) is 13.7. The van der Waals surface area contributed by atoms with E-state index in [-0.39, 0.29) is 5.78 Å². The van der Waals surface area contributed by atoms with Crippen LogP contribution in [0.1, 0.15) is 47.5 Å².